The van der Waals surface area contributed by atoms with Gasteiger partial charge in [0.15, 0.2) is 0 Å². The molecule has 0 bridgehead atoms. The van der Waals surface area contributed by atoms with E-state index in [1.807, 2.05) is 39.0 Å². The summed E-state index contributed by atoms with van der Waals surface area (Å²) in [5.41, 5.74) is 7.57. The van der Waals surface area contributed by atoms with Crippen molar-refractivity contribution in [2.45, 2.75) is 20.8 Å². The summed E-state index contributed by atoms with van der Waals surface area (Å²) in [6.45, 7) is 9.66. The van der Waals surface area contributed by atoms with Gasteiger partial charge in [-0.15, -0.1) is 0 Å². The Morgan fingerprint density at radius 1 is 1.36 bits per heavy atom. The number of anilines is 1. The van der Waals surface area contributed by atoms with E-state index >= 15 is 0 Å². The van der Waals surface area contributed by atoms with Crippen molar-refractivity contribution in [2.24, 2.45) is 0 Å². The van der Waals surface area contributed by atoms with Gasteiger partial charge in [0, 0.05) is 6.20 Å². The fraction of sp³-hybridized carbons (Fsp3) is 0.250. The molecule has 0 saturated carbocycles. The molecule has 1 heterocycles. The van der Waals surface area contributed by atoms with Gasteiger partial charge < -0.3 is 5.73 Å². The van der Waals surface area contributed by atoms with Crippen LogP contribution in [-0.2, 0) is 0 Å². The maximum atomic E-state index is 5.52. The van der Waals surface area contributed by atoms with E-state index in [1.165, 1.54) is 0 Å². The van der Waals surface area contributed by atoms with Crippen molar-refractivity contribution in [3.8, 4) is 0 Å². The molecule has 1 aromatic rings. The maximum Gasteiger partial charge on any atom is 0.123 e. The van der Waals surface area contributed by atoms with Crippen LogP contribution in [0, 0.1) is 0 Å². The van der Waals surface area contributed by atoms with Crippen LogP contribution in [0.5, 0.6) is 0 Å². The molecule has 0 fully saturated rings. The van der Waals surface area contributed by atoms with Crippen molar-refractivity contribution >= 4 is 18.0 Å². The normalized spacial score (nSPS) is 9.36. The number of hydrogen-bond donors (Lipinski definition) is 1. The van der Waals surface area contributed by atoms with E-state index in [2.05, 4.69) is 11.6 Å². The number of nitrogen functional groups attached to an aromatic ring is 1. The van der Waals surface area contributed by atoms with Gasteiger partial charge in [-0.25, -0.2) is 4.98 Å². The molecule has 0 spiro atoms. The van der Waals surface area contributed by atoms with Crippen LogP contribution in [0.2, 0.25) is 0 Å². The standard InChI is InChI=1S/C10H12N2.C2H6/c1-3-5-9-7-12-10(11)6-8(9)4-2;1-2/h3-7H,2H2,1H3,(H2,11,12);1-2H3/b5-3-;. The second-order valence-electron chi connectivity index (χ2n) is 2.44. The van der Waals surface area contributed by atoms with Crippen molar-refractivity contribution in [3.05, 3.63) is 36.0 Å². The Labute approximate surface area is 86.2 Å². The first-order valence-corrected chi connectivity index (χ1v) is 4.78. The Bertz CT molecular complexity index is 314. The number of nitrogens with two attached hydrogens (primary N) is 1. The van der Waals surface area contributed by atoms with Gasteiger partial charge in [0.05, 0.1) is 0 Å². The Hall–Kier alpha value is -1.57. The number of nitrogens with zero attached hydrogens (tertiary/aromatic N) is 1. The molecule has 14 heavy (non-hydrogen) atoms. The second-order valence-corrected chi connectivity index (χ2v) is 2.44. The van der Waals surface area contributed by atoms with Gasteiger partial charge in [0.2, 0.25) is 0 Å². The topological polar surface area (TPSA) is 38.9 Å². The molecule has 0 aliphatic heterocycles. The van der Waals surface area contributed by atoms with Crippen LogP contribution in [0.15, 0.2) is 24.9 Å². The third-order valence-electron chi connectivity index (χ3n) is 1.56. The van der Waals surface area contributed by atoms with Crippen molar-refractivity contribution in [1.29, 1.82) is 0 Å². The van der Waals surface area contributed by atoms with Gasteiger partial charge in [-0.1, -0.05) is 38.7 Å². The van der Waals surface area contributed by atoms with Gasteiger partial charge in [-0.05, 0) is 24.1 Å². The second kappa shape index (κ2) is 6.89. The van der Waals surface area contributed by atoms with E-state index in [1.54, 1.807) is 12.3 Å². The molecule has 0 aliphatic carbocycles. The molecule has 2 N–H and O–H groups in total. The summed E-state index contributed by atoms with van der Waals surface area (Å²) >= 11 is 0. The first kappa shape index (κ1) is 12.4. The Morgan fingerprint density at radius 3 is 2.50 bits per heavy atom. The smallest absolute Gasteiger partial charge is 0.123 e. The fourth-order valence-electron chi connectivity index (χ4n) is 0.994. The highest BCUT2D eigenvalue weighted by molar-refractivity contribution is 5.65. The van der Waals surface area contributed by atoms with E-state index in [4.69, 9.17) is 5.73 Å². The summed E-state index contributed by atoms with van der Waals surface area (Å²) in [4.78, 5) is 3.99. The zero-order valence-corrected chi connectivity index (χ0v) is 9.12. The van der Waals surface area contributed by atoms with Gasteiger partial charge in [0.1, 0.15) is 5.82 Å². The molecule has 2 nitrogen and oxygen atoms in total. The molecule has 0 unspecified atom stereocenters. The molecule has 76 valence electrons. The SMILES string of the molecule is C=Cc1cc(N)ncc1/C=C\C.CC. The van der Waals surface area contributed by atoms with E-state index in [0.29, 0.717) is 5.82 Å². The summed E-state index contributed by atoms with van der Waals surface area (Å²) < 4.78 is 0. The zero-order chi connectivity index (χ0) is 11.0. The molecular formula is C12H18N2. The van der Waals surface area contributed by atoms with Crippen LogP contribution in [0.4, 0.5) is 5.82 Å². The summed E-state index contributed by atoms with van der Waals surface area (Å²) in [6.07, 6.45) is 7.45. The van der Waals surface area contributed by atoms with Crippen molar-refractivity contribution < 1.29 is 0 Å². The summed E-state index contributed by atoms with van der Waals surface area (Å²) in [7, 11) is 0. The zero-order valence-electron chi connectivity index (χ0n) is 9.12. The van der Waals surface area contributed by atoms with Crippen molar-refractivity contribution in [1.82, 2.24) is 4.98 Å². The summed E-state index contributed by atoms with van der Waals surface area (Å²) in [5, 5.41) is 0. The first-order chi connectivity index (χ1) is 6.77. The molecular weight excluding hydrogens is 172 g/mol. The lowest BCUT2D eigenvalue weighted by Crippen LogP contribution is -1.91. The van der Waals surface area contributed by atoms with Crippen LogP contribution < -0.4 is 5.73 Å². The van der Waals surface area contributed by atoms with Crippen LogP contribution >= 0.6 is 0 Å². The third kappa shape index (κ3) is 3.44. The largest absolute Gasteiger partial charge is 0.384 e. The highest BCUT2D eigenvalue weighted by Crippen LogP contribution is 2.13. The lowest BCUT2D eigenvalue weighted by atomic mass is 10.1. The number of aromatic nitrogens is 1. The minimum Gasteiger partial charge on any atom is -0.384 e. The molecule has 0 amide bonds. The molecule has 2 heteroatoms. The van der Waals surface area contributed by atoms with E-state index in [0.717, 1.165) is 11.1 Å². The lowest BCUT2D eigenvalue weighted by molar-refractivity contribution is 1.32. The molecule has 1 aromatic heterocycles. The molecule has 0 aromatic carbocycles. The Morgan fingerprint density at radius 2 is 2.00 bits per heavy atom. The highest BCUT2D eigenvalue weighted by Gasteiger charge is 1.95. The third-order valence-corrected chi connectivity index (χ3v) is 1.56. The molecule has 0 atom stereocenters. The average molecular weight is 190 g/mol. The molecule has 0 radical (unpaired) electrons. The predicted molar refractivity (Wildman–Crippen MR) is 64.8 cm³/mol. The number of pyridine rings is 1. The van der Waals surface area contributed by atoms with Crippen LogP contribution in [0.3, 0.4) is 0 Å². The van der Waals surface area contributed by atoms with Gasteiger partial charge in [0.25, 0.3) is 0 Å². The predicted octanol–water partition coefficient (Wildman–Crippen LogP) is 3.37. The minimum atomic E-state index is 0.526. The maximum absolute atomic E-state index is 5.52. The monoisotopic (exact) mass is 190 g/mol. The summed E-state index contributed by atoms with van der Waals surface area (Å²) in [5.74, 6) is 0.526. The van der Waals surface area contributed by atoms with E-state index < -0.39 is 0 Å². The average Bonchev–Trinajstić information content (AvgIpc) is 2.24. The summed E-state index contributed by atoms with van der Waals surface area (Å²) in [6, 6.07) is 1.81. The fourth-order valence-corrected chi connectivity index (χ4v) is 0.994. The van der Waals surface area contributed by atoms with E-state index in [-0.39, 0.29) is 0 Å². The van der Waals surface area contributed by atoms with Gasteiger partial charge >= 0.3 is 0 Å². The number of hydrogen-bond acceptors (Lipinski definition) is 2. The molecule has 1 rings (SSSR count). The lowest BCUT2D eigenvalue weighted by Gasteiger charge is -2.00. The highest BCUT2D eigenvalue weighted by atomic mass is 14.8. The first-order valence-electron chi connectivity index (χ1n) is 4.78. The number of allylic oxidation sites excluding steroid dienone is 1. The molecule has 0 saturated heterocycles. The van der Waals surface area contributed by atoms with Crippen molar-refractivity contribution in [3.63, 3.8) is 0 Å². The van der Waals surface area contributed by atoms with Crippen LogP contribution in [0.25, 0.3) is 12.2 Å². The van der Waals surface area contributed by atoms with Gasteiger partial charge in [-0.2, -0.15) is 0 Å². The van der Waals surface area contributed by atoms with Crippen LogP contribution in [-0.4, -0.2) is 4.98 Å². The van der Waals surface area contributed by atoms with Gasteiger partial charge in [-0.3, -0.25) is 0 Å². The number of rotatable bonds is 2. The Balaban J connectivity index is 0.000000791. The minimum absolute atomic E-state index is 0.526. The molecule has 0 aliphatic rings. The Kier molecular flexibility index (Phi) is 6.12. The van der Waals surface area contributed by atoms with E-state index in [9.17, 15) is 0 Å². The quantitative estimate of drug-likeness (QED) is 0.776. The van der Waals surface area contributed by atoms with Crippen LogP contribution in [0.1, 0.15) is 31.9 Å². The van der Waals surface area contributed by atoms with Crippen molar-refractivity contribution in [2.75, 3.05) is 5.73 Å².